The molecule has 1 aliphatic carbocycles. The van der Waals surface area contributed by atoms with E-state index < -0.39 is 11.8 Å². The van der Waals surface area contributed by atoms with E-state index in [1.54, 1.807) is 17.4 Å². The molecule has 182 valence electrons. The Balaban J connectivity index is 1.59. The fraction of sp³-hybridized carbons (Fsp3) is 0.286. The Morgan fingerprint density at radius 2 is 1.86 bits per heavy atom. The van der Waals surface area contributed by atoms with Crippen molar-refractivity contribution in [2.24, 2.45) is 0 Å². The molecule has 0 saturated carbocycles. The lowest BCUT2D eigenvalue weighted by molar-refractivity contribution is -0.122. The first-order valence-electron chi connectivity index (χ1n) is 11.9. The van der Waals surface area contributed by atoms with Gasteiger partial charge >= 0.3 is 0 Å². The second-order valence-corrected chi connectivity index (χ2v) is 10.9. The number of nitrogens with zero attached hydrogens (tertiary/aromatic N) is 3. The fourth-order valence-electron chi connectivity index (χ4n) is 5.06. The Morgan fingerprint density at radius 1 is 1.11 bits per heavy atom. The van der Waals surface area contributed by atoms with Gasteiger partial charge in [0, 0.05) is 16.3 Å². The van der Waals surface area contributed by atoms with Crippen molar-refractivity contribution in [2.75, 3.05) is 4.90 Å². The maximum Gasteiger partial charge on any atom is 0.270 e. The molecule has 5 rings (SSSR count). The van der Waals surface area contributed by atoms with Crippen molar-refractivity contribution in [2.45, 2.75) is 53.4 Å². The van der Waals surface area contributed by atoms with Gasteiger partial charge in [-0.15, -0.1) is 11.3 Å². The van der Waals surface area contributed by atoms with Crippen molar-refractivity contribution in [1.29, 1.82) is 5.26 Å². The molecule has 0 atom stereocenters. The number of carbonyl (C=O) groups excluding carboxylic acids is 2. The van der Waals surface area contributed by atoms with Gasteiger partial charge in [0.1, 0.15) is 16.6 Å². The third-order valence-electron chi connectivity index (χ3n) is 6.94. The van der Waals surface area contributed by atoms with Crippen molar-refractivity contribution in [1.82, 2.24) is 9.88 Å². The van der Waals surface area contributed by atoms with Crippen LogP contribution < -0.4 is 10.2 Å². The molecular weight excluding hydrogens is 488 g/mol. The molecule has 2 amide bonds. The fourth-order valence-corrected chi connectivity index (χ4v) is 6.79. The lowest BCUT2D eigenvalue weighted by Crippen LogP contribution is -2.54. The first kappa shape index (κ1) is 24.2. The average molecular weight is 515 g/mol. The summed E-state index contributed by atoms with van der Waals surface area (Å²) in [5.74, 6) is -0.966. The van der Waals surface area contributed by atoms with Crippen LogP contribution in [0.2, 0.25) is 0 Å². The van der Waals surface area contributed by atoms with Crippen LogP contribution in [0.15, 0.2) is 29.8 Å². The van der Waals surface area contributed by atoms with Crippen LogP contribution >= 0.6 is 23.6 Å². The monoisotopic (exact) mass is 514 g/mol. The Bertz CT molecular complexity index is 1530. The minimum atomic E-state index is -0.513. The number of rotatable bonds is 3. The number of hydrogen-bond donors (Lipinski definition) is 1. The molecule has 8 heteroatoms. The van der Waals surface area contributed by atoms with Crippen LogP contribution in [0.25, 0.3) is 11.1 Å². The minimum Gasteiger partial charge on any atom is -0.308 e. The van der Waals surface area contributed by atoms with E-state index in [1.807, 2.05) is 52.0 Å². The molecule has 36 heavy (non-hydrogen) atoms. The maximum absolute atomic E-state index is 13.6. The van der Waals surface area contributed by atoms with Gasteiger partial charge in [0.15, 0.2) is 5.11 Å². The number of anilines is 1. The largest absolute Gasteiger partial charge is 0.308 e. The van der Waals surface area contributed by atoms with Gasteiger partial charge in [0.25, 0.3) is 11.8 Å². The van der Waals surface area contributed by atoms with Crippen molar-refractivity contribution < 1.29 is 9.59 Å². The molecule has 0 bridgehead atoms. The quantitative estimate of drug-likeness (QED) is 0.290. The van der Waals surface area contributed by atoms with Crippen molar-refractivity contribution in [3.05, 3.63) is 73.9 Å². The third-order valence-corrected chi connectivity index (χ3v) is 8.51. The van der Waals surface area contributed by atoms with E-state index in [0.29, 0.717) is 5.69 Å². The summed E-state index contributed by atoms with van der Waals surface area (Å²) in [4.78, 5) is 29.2. The molecule has 3 heterocycles. The Hall–Kier alpha value is -3.54. The number of carbonyl (C=O) groups is 2. The number of amides is 2. The van der Waals surface area contributed by atoms with Crippen molar-refractivity contribution >= 4 is 52.2 Å². The number of hydrogen-bond acceptors (Lipinski definition) is 5. The number of thiophene rings is 1. The van der Waals surface area contributed by atoms with E-state index in [0.717, 1.165) is 64.3 Å². The summed E-state index contributed by atoms with van der Waals surface area (Å²) < 4.78 is 2.08. The maximum atomic E-state index is 13.6. The topological polar surface area (TPSA) is 78.1 Å². The van der Waals surface area contributed by atoms with E-state index in [2.05, 4.69) is 16.0 Å². The summed E-state index contributed by atoms with van der Waals surface area (Å²) in [6.07, 6.45) is 5.83. The molecule has 3 aromatic rings. The highest BCUT2D eigenvalue weighted by molar-refractivity contribution is 7.80. The number of fused-ring (bicyclic) bond motifs is 1. The normalized spacial score (nSPS) is 16.8. The van der Waals surface area contributed by atoms with Gasteiger partial charge in [-0.05, 0) is 106 Å². The van der Waals surface area contributed by atoms with Gasteiger partial charge in [0.05, 0.1) is 11.3 Å². The van der Waals surface area contributed by atoms with Crippen molar-refractivity contribution in [3.8, 4) is 11.1 Å². The van der Waals surface area contributed by atoms with Crippen LogP contribution in [0.4, 0.5) is 5.69 Å². The lowest BCUT2D eigenvalue weighted by Gasteiger charge is -2.30. The summed E-state index contributed by atoms with van der Waals surface area (Å²) in [6.45, 7) is 7.79. The molecule has 1 aromatic carbocycles. The van der Waals surface area contributed by atoms with Crippen LogP contribution in [-0.4, -0.2) is 21.5 Å². The van der Waals surface area contributed by atoms with Gasteiger partial charge < -0.3 is 4.57 Å². The van der Waals surface area contributed by atoms with Gasteiger partial charge in [-0.25, -0.2) is 0 Å². The number of nitriles is 1. The van der Waals surface area contributed by atoms with E-state index in [4.69, 9.17) is 12.2 Å². The predicted octanol–water partition coefficient (Wildman–Crippen LogP) is 5.35. The van der Waals surface area contributed by atoms with Crippen LogP contribution in [0.1, 0.15) is 56.9 Å². The second kappa shape index (κ2) is 9.16. The van der Waals surface area contributed by atoms with Gasteiger partial charge in [-0.2, -0.15) is 5.26 Å². The summed E-state index contributed by atoms with van der Waals surface area (Å²) in [7, 11) is 0. The van der Waals surface area contributed by atoms with Crippen LogP contribution in [-0.2, 0) is 22.4 Å². The number of thiocarbonyl (C=S) groups is 1. The summed E-state index contributed by atoms with van der Waals surface area (Å²) in [5.41, 5.74) is 7.06. The molecule has 1 saturated heterocycles. The van der Waals surface area contributed by atoms with Crippen LogP contribution in [0.3, 0.4) is 0 Å². The van der Waals surface area contributed by atoms with E-state index in [-0.39, 0.29) is 10.7 Å². The smallest absolute Gasteiger partial charge is 0.270 e. The second-order valence-electron chi connectivity index (χ2n) is 9.41. The summed E-state index contributed by atoms with van der Waals surface area (Å²) in [5, 5.41) is 13.6. The van der Waals surface area contributed by atoms with E-state index in [9.17, 15) is 14.9 Å². The number of benzene rings is 1. The van der Waals surface area contributed by atoms with Gasteiger partial charge in [-0.3, -0.25) is 19.8 Å². The molecule has 2 aromatic heterocycles. The number of aromatic nitrogens is 1. The number of nitrogens with one attached hydrogen (secondary N) is 1. The van der Waals surface area contributed by atoms with Crippen LogP contribution in [0.5, 0.6) is 0 Å². The number of aryl methyl sites for hydroxylation is 4. The minimum absolute atomic E-state index is 0.0238. The molecule has 0 unspecified atom stereocenters. The lowest BCUT2D eigenvalue weighted by atomic mass is 9.96. The summed E-state index contributed by atoms with van der Waals surface area (Å²) >= 11 is 7.06. The van der Waals surface area contributed by atoms with Gasteiger partial charge in [-0.1, -0.05) is 12.1 Å². The Labute approximate surface area is 219 Å². The molecule has 1 fully saturated rings. The zero-order valence-electron chi connectivity index (χ0n) is 20.7. The van der Waals surface area contributed by atoms with Crippen molar-refractivity contribution in [3.63, 3.8) is 0 Å². The molecular formula is C28H26N4O2S2. The van der Waals surface area contributed by atoms with Gasteiger partial charge in [0.2, 0.25) is 0 Å². The van der Waals surface area contributed by atoms with E-state index in [1.165, 1.54) is 15.3 Å². The van der Waals surface area contributed by atoms with E-state index >= 15 is 0 Å². The molecule has 0 spiro atoms. The highest BCUT2D eigenvalue weighted by atomic mass is 32.1. The highest BCUT2D eigenvalue weighted by Gasteiger charge is 2.35. The zero-order chi connectivity index (χ0) is 25.7. The average Bonchev–Trinajstić information content (AvgIpc) is 3.34. The predicted molar refractivity (Wildman–Crippen MR) is 147 cm³/mol. The molecule has 6 nitrogen and oxygen atoms in total. The molecule has 1 N–H and O–H groups in total. The first-order valence-corrected chi connectivity index (χ1v) is 13.2. The first-order chi connectivity index (χ1) is 17.2. The highest BCUT2D eigenvalue weighted by Crippen LogP contribution is 2.38. The Morgan fingerprint density at radius 3 is 2.61 bits per heavy atom. The SMILES string of the molecule is Cc1ccc(C)c(N2C(=O)/C(=C/c3cc(C)n(-c4sc5c(c4C#N)CCCC5)c3C)C(=O)NC2=S)c1. The molecule has 2 aliphatic rings. The molecule has 0 radical (unpaired) electrons. The third kappa shape index (κ3) is 3.89. The Kier molecular flexibility index (Phi) is 6.15. The standard InChI is InChI=1S/C28H26N4O2S2/c1-15-9-10-16(2)23(11-15)32-26(34)21(25(33)30-28(32)35)13-19-12-17(3)31(18(19)4)27-22(14-29)20-7-5-6-8-24(20)36-27/h9-13H,5-8H2,1-4H3,(H,30,33,35)/b21-13+. The molecule has 1 aliphatic heterocycles. The zero-order valence-corrected chi connectivity index (χ0v) is 22.3. The summed E-state index contributed by atoms with van der Waals surface area (Å²) in [6, 6.07) is 10.2. The van der Waals surface area contributed by atoms with Crippen LogP contribution in [0, 0.1) is 39.0 Å².